The van der Waals surface area contributed by atoms with Gasteiger partial charge in [0.1, 0.15) is 12.7 Å². The summed E-state index contributed by atoms with van der Waals surface area (Å²) in [5, 5.41) is 18.1. The summed E-state index contributed by atoms with van der Waals surface area (Å²) in [7, 11) is 0. The smallest absolute Gasteiger partial charge is 0.186 e. The normalized spacial score (nSPS) is 21.6. The maximum absolute atomic E-state index is 12.0. The molecule has 1 unspecified atom stereocenters. The van der Waals surface area contributed by atoms with Gasteiger partial charge in [-0.2, -0.15) is 0 Å². The molecule has 0 fully saturated rings. The molecule has 0 saturated carbocycles. The van der Waals surface area contributed by atoms with Crippen LogP contribution in [0.1, 0.15) is 58.3 Å². The molecule has 0 bridgehead atoms. The fourth-order valence-electron chi connectivity index (χ4n) is 2.95. The van der Waals surface area contributed by atoms with E-state index in [0.717, 1.165) is 6.42 Å². The Bertz CT molecular complexity index is 490. The lowest BCUT2D eigenvalue weighted by molar-refractivity contribution is -0.130. The number of carbonyl (C=O) groups is 2. The van der Waals surface area contributed by atoms with Crippen molar-refractivity contribution in [3.8, 4) is 0 Å². The lowest BCUT2D eigenvalue weighted by atomic mass is 9.90. The number of carbonyl (C=O) groups excluding carboxylic acids is 2. The molecule has 0 aromatic heterocycles. The molecule has 0 aromatic rings. The van der Waals surface area contributed by atoms with Crippen LogP contribution in [0.2, 0.25) is 0 Å². The predicted octanol–water partition coefficient (Wildman–Crippen LogP) is 3.53. The molecule has 0 saturated heterocycles. The molecule has 1 aliphatic carbocycles. The van der Waals surface area contributed by atoms with Gasteiger partial charge in [-0.25, -0.2) is 0 Å². The van der Waals surface area contributed by atoms with Crippen molar-refractivity contribution in [1.29, 1.82) is 0 Å². The molecule has 1 rings (SSSR count). The van der Waals surface area contributed by atoms with Crippen molar-refractivity contribution in [1.82, 2.24) is 0 Å². The number of aliphatic hydroxyl groups is 2. The summed E-state index contributed by atoms with van der Waals surface area (Å²) >= 11 is 0. The lowest BCUT2D eigenvalue weighted by Crippen LogP contribution is -2.22. The molecule has 0 heterocycles. The van der Waals surface area contributed by atoms with Gasteiger partial charge >= 0.3 is 0 Å². The molecule has 0 spiro atoms. The van der Waals surface area contributed by atoms with Gasteiger partial charge in [-0.05, 0) is 38.2 Å². The Morgan fingerprint density at radius 2 is 2.00 bits per heavy atom. The maximum atomic E-state index is 12.0. The van der Waals surface area contributed by atoms with Crippen molar-refractivity contribution in [2.24, 2.45) is 11.8 Å². The third-order valence-electron chi connectivity index (χ3n) is 4.59. The monoisotopic (exact) mass is 348 g/mol. The Morgan fingerprint density at radius 1 is 1.20 bits per heavy atom. The van der Waals surface area contributed by atoms with Crippen LogP contribution in [0.4, 0.5) is 0 Å². The van der Waals surface area contributed by atoms with Crippen LogP contribution in [0.25, 0.3) is 0 Å². The van der Waals surface area contributed by atoms with Gasteiger partial charge < -0.3 is 10.2 Å². The minimum atomic E-state index is -1.10. The van der Waals surface area contributed by atoms with E-state index < -0.39 is 18.5 Å². The number of rotatable bonds is 13. The summed E-state index contributed by atoms with van der Waals surface area (Å²) in [4.78, 5) is 23.1. The van der Waals surface area contributed by atoms with Crippen LogP contribution in [0, 0.1) is 11.8 Å². The van der Waals surface area contributed by atoms with E-state index >= 15 is 0 Å². The first-order valence-corrected chi connectivity index (χ1v) is 9.45. The van der Waals surface area contributed by atoms with E-state index in [-0.39, 0.29) is 17.6 Å². The molecular weight excluding hydrogens is 316 g/mol. The van der Waals surface area contributed by atoms with Crippen molar-refractivity contribution >= 4 is 11.6 Å². The molecule has 0 aromatic carbocycles. The third-order valence-corrected chi connectivity index (χ3v) is 4.59. The van der Waals surface area contributed by atoms with E-state index in [1.54, 1.807) is 6.08 Å². The number of aliphatic hydroxyl groups excluding tert-OH is 2. The quantitative estimate of drug-likeness (QED) is 0.394. The van der Waals surface area contributed by atoms with Crippen molar-refractivity contribution in [3.63, 3.8) is 0 Å². The summed E-state index contributed by atoms with van der Waals surface area (Å²) in [5.41, 5.74) is 0. The van der Waals surface area contributed by atoms with Crippen LogP contribution in [-0.4, -0.2) is 34.5 Å². The second-order valence-corrected chi connectivity index (χ2v) is 6.65. The van der Waals surface area contributed by atoms with Crippen LogP contribution in [0.5, 0.6) is 0 Å². The summed E-state index contributed by atoms with van der Waals surface area (Å²) in [6, 6.07) is 0. The zero-order valence-electron chi connectivity index (χ0n) is 15.3. The maximum Gasteiger partial charge on any atom is 0.186 e. The summed E-state index contributed by atoms with van der Waals surface area (Å²) in [6.07, 6.45) is 18.3. The molecule has 0 amide bonds. The highest BCUT2D eigenvalue weighted by molar-refractivity contribution is 5.95. The average molecular weight is 348 g/mol. The van der Waals surface area contributed by atoms with Crippen molar-refractivity contribution in [2.45, 2.75) is 64.4 Å². The molecular formula is C21H32O4. The highest BCUT2D eigenvalue weighted by Crippen LogP contribution is 2.27. The fraction of sp³-hybridized carbons (Fsp3) is 0.619. The van der Waals surface area contributed by atoms with Gasteiger partial charge in [0.25, 0.3) is 0 Å². The SMILES string of the molecule is CCCCCC/C=C/[C@H]1C=CC(=O)[C@@H]1C/C=C\CCC(O)C(=O)CO. The van der Waals surface area contributed by atoms with E-state index in [1.165, 1.54) is 25.7 Å². The zero-order valence-corrected chi connectivity index (χ0v) is 15.3. The Balaban J connectivity index is 2.32. The number of Topliss-reactive ketones (excluding diaryl/α,β-unsaturated/α-hetero) is 1. The van der Waals surface area contributed by atoms with Crippen LogP contribution < -0.4 is 0 Å². The van der Waals surface area contributed by atoms with Crippen molar-refractivity contribution in [3.05, 3.63) is 36.5 Å². The van der Waals surface area contributed by atoms with Gasteiger partial charge in [-0.15, -0.1) is 0 Å². The Kier molecular flexibility index (Phi) is 11.0. The van der Waals surface area contributed by atoms with Crippen LogP contribution in [-0.2, 0) is 9.59 Å². The average Bonchev–Trinajstić information content (AvgIpc) is 2.96. The molecule has 0 radical (unpaired) electrons. The standard InChI is InChI=1S/C21H32O4/c1-2-3-4-5-6-8-11-17-14-15-19(23)18(17)12-9-7-10-13-20(24)21(25)16-22/h7-9,11,14-15,17-18,20,22,24H,2-6,10,12-13,16H2,1H3/b9-7-,11-8+/t17-,18+,20?/m0/s1. The number of ketones is 2. The summed E-state index contributed by atoms with van der Waals surface area (Å²) in [6.45, 7) is 1.58. The fourth-order valence-corrected chi connectivity index (χ4v) is 2.95. The molecule has 4 heteroatoms. The topological polar surface area (TPSA) is 74.6 Å². The number of hydrogen-bond donors (Lipinski definition) is 2. The third kappa shape index (κ3) is 8.41. The molecule has 25 heavy (non-hydrogen) atoms. The van der Waals surface area contributed by atoms with Crippen LogP contribution >= 0.6 is 0 Å². The number of unbranched alkanes of at least 4 members (excludes halogenated alkanes) is 4. The van der Waals surface area contributed by atoms with Gasteiger partial charge in [0, 0.05) is 11.8 Å². The van der Waals surface area contributed by atoms with Gasteiger partial charge in [0.15, 0.2) is 11.6 Å². The van der Waals surface area contributed by atoms with E-state index in [4.69, 9.17) is 5.11 Å². The highest BCUT2D eigenvalue weighted by atomic mass is 16.3. The summed E-state index contributed by atoms with van der Waals surface area (Å²) < 4.78 is 0. The molecule has 0 aliphatic heterocycles. The number of hydrogen-bond acceptors (Lipinski definition) is 4. The van der Waals surface area contributed by atoms with Gasteiger partial charge in [-0.3, -0.25) is 9.59 Å². The zero-order chi connectivity index (χ0) is 18.5. The first-order valence-electron chi connectivity index (χ1n) is 9.45. The molecule has 4 nitrogen and oxygen atoms in total. The van der Waals surface area contributed by atoms with E-state index in [2.05, 4.69) is 19.1 Å². The van der Waals surface area contributed by atoms with Crippen molar-refractivity contribution < 1.29 is 19.8 Å². The Hall–Kier alpha value is -1.52. The minimum Gasteiger partial charge on any atom is -0.388 e. The van der Waals surface area contributed by atoms with Crippen LogP contribution in [0.3, 0.4) is 0 Å². The first kappa shape index (κ1) is 21.5. The second-order valence-electron chi connectivity index (χ2n) is 6.65. The van der Waals surface area contributed by atoms with Gasteiger partial charge in [0.2, 0.25) is 0 Å². The Morgan fingerprint density at radius 3 is 2.72 bits per heavy atom. The molecule has 1 aliphatic rings. The largest absolute Gasteiger partial charge is 0.388 e. The summed E-state index contributed by atoms with van der Waals surface area (Å²) in [5.74, 6) is -0.245. The highest BCUT2D eigenvalue weighted by Gasteiger charge is 2.26. The van der Waals surface area contributed by atoms with Gasteiger partial charge in [-0.1, -0.05) is 56.6 Å². The molecule has 2 N–H and O–H groups in total. The first-order chi connectivity index (χ1) is 12.1. The predicted molar refractivity (Wildman–Crippen MR) is 100 cm³/mol. The molecule has 3 atom stereocenters. The number of allylic oxidation sites excluding steroid dienone is 6. The lowest BCUT2D eigenvalue weighted by Gasteiger charge is -2.12. The van der Waals surface area contributed by atoms with E-state index in [0.29, 0.717) is 19.3 Å². The Labute approximate surface area is 151 Å². The van der Waals surface area contributed by atoms with Crippen molar-refractivity contribution in [2.75, 3.05) is 6.61 Å². The van der Waals surface area contributed by atoms with Crippen LogP contribution in [0.15, 0.2) is 36.5 Å². The van der Waals surface area contributed by atoms with E-state index in [9.17, 15) is 14.7 Å². The minimum absolute atomic E-state index is 0.0351. The second kappa shape index (κ2) is 12.8. The molecule has 140 valence electrons. The van der Waals surface area contributed by atoms with E-state index in [1.807, 2.05) is 18.2 Å². The van der Waals surface area contributed by atoms with Gasteiger partial charge in [0.05, 0.1) is 0 Å².